The molecule has 1 N–H and O–H groups in total. The minimum atomic E-state index is -0.0881. The quantitative estimate of drug-likeness (QED) is 0.375. The Balaban J connectivity index is 1.46. The number of hydrogen-bond donors (Lipinski definition) is 1. The van der Waals surface area contributed by atoms with Gasteiger partial charge < -0.3 is 9.73 Å². The zero-order valence-electron chi connectivity index (χ0n) is 16.7. The Kier molecular flexibility index (Phi) is 6.11. The predicted molar refractivity (Wildman–Crippen MR) is 121 cm³/mol. The van der Waals surface area contributed by atoms with Gasteiger partial charge in [0.1, 0.15) is 5.58 Å². The number of halogens is 1. The van der Waals surface area contributed by atoms with Crippen molar-refractivity contribution in [1.29, 1.82) is 0 Å². The average molecular weight is 441 g/mol. The molecule has 0 radical (unpaired) electrons. The predicted octanol–water partition coefficient (Wildman–Crippen LogP) is 5.66. The van der Waals surface area contributed by atoms with E-state index in [1.54, 1.807) is 6.07 Å². The van der Waals surface area contributed by atoms with Gasteiger partial charge in [0.2, 0.25) is 11.7 Å². The number of thioether (sulfide) groups is 1. The molecule has 0 fully saturated rings. The van der Waals surface area contributed by atoms with Gasteiger partial charge in [-0.3, -0.25) is 9.36 Å². The molecule has 0 aliphatic carbocycles. The van der Waals surface area contributed by atoms with E-state index in [4.69, 9.17) is 16.0 Å². The van der Waals surface area contributed by atoms with Crippen molar-refractivity contribution in [3.63, 3.8) is 0 Å². The molecule has 0 spiro atoms. The Labute approximate surface area is 183 Å². The van der Waals surface area contributed by atoms with Crippen LogP contribution in [-0.4, -0.2) is 26.4 Å². The third-order valence-corrected chi connectivity index (χ3v) is 5.91. The second-order valence-electron chi connectivity index (χ2n) is 6.73. The lowest BCUT2D eigenvalue weighted by Gasteiger charge is -2.07. The second-order valence-corrected chi connectivity index (χ2v) is 8.11. The number of carbonyl (C=O) groups excluding carboxylic acids is 1. The summed E-state index contributed by atoms with van der Waals surface area (Å²) in [5.74, 6) is 1.40. The van der Waals surface area contributed by atoms with Crippen molar-refractivity contribution in [3.8, 4) is 11.6 Å². The maximum Gasteiger partial charge on any atom is 0.234 e. The second kappa shape index (κ2) is 8.93. The maximum atomic E-state index is 12.3. The number of aryl methyl sites for hydroxylation is 1. The fourth-order valence-electron chi connectivity index (χ4n) is 3.14. The van der Waals surface area contributed by atoms with Gasteiger partial charge in [-0.05, 0) is 55.3 Å². The molecular weight excluding hydrogens is 420 g/mol. The molecule has 0 aliphatic rings. The van der Waals surface area contributed by atoms with Crippen LogP contribution in [0.15, 0.2) is 58.1 Å². The Hall–Kier alpha value is -2.77. The fourth-order valence-corrected chi connectivity index (χ4v) is 4.12. The number of aromatic nitrogens is 3. The molecular formula is C22H21ClN4O2S. The van der Waals surface area contributed by atoms with E-state index in [1.807, 2.05) is 54.0 Å². The highest BCUT2D eigenvalue weighted by Gasteiger charge is 2.18. The number of rotatable bonds is 7. The summed E-state index contributed by atoms with van der Waals surface area (Å²) in [7, 11) is 0. The fraction of sp³-hybridized carbons (Fsp3) is 0.227. The van der Waals surface area contributed by atoms with Crippen molar-refractivity contribution in [2.24, 2.45) is 0 Å². The summed E-state index contributed by atoms with van der Waals surface area (Å²) in [6.45, 7) is 4.76. The highest BCUT2D eigenvalue weighted by molar-refractivity contribution is 7.99. The van der Waals surface area contributed by atoms with Crippen LogP contribution in [0.25, 0.3) is 22.6 Å². The first kappa shape index (κ1) is 20.5. The summed E-state index contributed by atoms with van der Waals surface area (Å²) in [6, 6.07) is 15.2. The molecule has 0 saturated carbocycles. The first-order valence-electron chi connectivity index (χ1n) is 9.71. The monoisotopic (exact) mass is 440 g/mol. The number of fused-ring (bicyclic) bond motifs is 1. The highest BCUT2D eigenvalue weighted by Crippen LogP contribution is 2.30. The van der Waals surface area contributed by atoms with E-state index in [9.17, 15) is 4.79 Å². The number of benzene rings is 2. The summed E-state index contributed by atoms with van der Waals surface area (Å²) in [5.41, 5.74) is 2.76. The maximum absolute atomic E-state index is 12.3. The lowest BCUT2D eigenvalue weighted by molar-refractivity contribution is -0.113. The van der Waals surface area contributed by atoms with Crippen molar-refractivity contribution < 1.29 is 9.21 Å². The van der Waals surface area contributed by atoms with Crippen LogP contribution in [0.3, 0.4) is 0 Å². The molecule has 2 heterocycles. The van der Waals surface area contributed by atoms with Crippen molar-refractivity contribution in [3.05, 3.63) is 59.1 Å². The van der Waals surface area contributed by atoms with Crippen LogP contribution >= 0.6 is 23.4 Å². The van der Waals surface area contributed by atoms with Gasteiger partial charge >= 0.3 is 0 Å². The summed E-state index contributed by atoms with van der Waals surface area (Å²) in [4.78, 5) is 12.3. The zero-order valence-corrected chi connectivity index (χ0v) is 18.3. The topological polar surface area (TPSA) is 73.0 Å². The van der Waals surface area contributed by atoms with Gasteiger partial charge in [-0.25, -0.2) is 0 Å². The van der Waals surface area contributed by atoms with Gasteiger partial charge in [0.25, 0.3) is 0 Å². The Morgan fingerprint density at radius 2 is 1.93 bits per heavy atom. The van der Waals surface area contributed by atoms with Gasteiger partial charge in [0, 0.05) is 22.6 Å². The van der Waals surface area contributed by atoms with Crippen LogP contribution in [-0.2, 0) is 17.8 Å². The number of anilines is 1. The SMILES string of the molecule is CCc1ccc(NC(=O)CSc2nnc(-c3cc4cc(Cl)ccc4o3)n2CC)cc1. The molecule has 0 atom stereocenters. The number of nitrogens with zero attached hydrogens (tertiary/aromatic N) is 3. The normalized spacial score (nSPS) is 11.2. The Morgan fingerprint density at radius 3 is 2.67 bits per heavy atom. The minimum Gasteiger partial charge on any atom is -0.453 e. The van der Waals surface area contributed by atoms with Gasteiger partial charge in [-0.1, -0.05) is 42.4 Å². The molecule has 0 aliphatic heterocycles. The third-order valence-electron chi connectivity index (χ3n) is 4.71. The van der Waals surface area contributed by atoms with Crippen molar-refractivity contribution in [2.45, 2.75) is 32.0 Å². The van der Waals surface area contributed by atoms with Crippen LogP contribution in [0.1, 0.15) is 19.4 Å². The van der Waals surface area contributed by atoms with Crippen LogP contribution < -0.4 is 5.32 Å². The van der Waals surface area contributed by atoms with E-state index in [0.717, 1.165) is 23.1 Å². The van der Waals surface area contributed by atoms with E-state index in [2.05, 4.69) is 22.4 Å². The van der Waals surface area contributed by atoms with E-state index in [1.165, 1.54) is 17.3 Å². The van der Waals surface area contributed by atoms with Gasteiger partial charge in [0.05, 0.1) is 5.75 Å². The molecule has 8 heteroatoms. The van der Waals surface area contributed by atoms with Gasteiger partial charge in [-0.2, -0.15) is 0 Å². The van der Waals surface area contributed by atoms with Crippen LogP contribution in [0, 0.1) is 0 Å². The van der Waals surface area contributed by atoms with Crippen molar-refractivity contribution in [2.75, 3.05) is 11.1 Å². The molecule has 1 amide bonds. The zero-order chi connectivity index (χ0) is 21.1. The summed E-state index contributed by atoms with van der Waals surface area (Å²) < 4.78 is 7.86. The Bertz CT molecular complexity index is 1180. The number of nitrogens with one attached hydrogen (secondary N) is 1. The molecule has 0 unspecified atom stereocenters. The molecule has 2 aromatic carbocycles. The first-order valence-corrected chi connectivity index (χ1v) is 11.1. The Morgan fingerprint density at radius 1 is 1.13 bits per heavy atom. The lowest BCUT2D eigenvalue weighted by Crippen LogP contribution is -2.14. The highest BCUT2D eigenvalue weighted by atomic mass is 35.5. The molecule has 154 valence electrons. The van der Waals surface area contributed by atoms with Crippen molar-refractivity contribution in [1.82, 2.24) is 14.8 Å². The molecule has 6 nitrogen and oxygen atoms in total. The minimum absolute atomic E-state index is 0.0881. The average Bonchev–Trinajstić information content (AvgIpc) is 3.35. The third kappa shape index (κ3) is 4.37. The number of furan rings is 1. The molecule has 2 aromatic heterocycles. The van der Waals surface area contributed by atoms with Crippen LogP contribution in [0.2, 0.25) is 5.02 Å². The van der Waals surface area contributed by atoms with Crippen LogP contribution in [0.5, 0.6) is 0 Å². The molecule has 0 bridgehead atoms. The number of amides is 1. The molecule has 30 heavy (non-hydrogen) atoms. The van der Waals surface area contributed by atoms with Gasteiger partial charge in [-0.15, -0.1) is 10.2 Å². The van der Waals surface area contributed by atoms with E-state index >= 15 is 0 Å². The summed E-state index contributed by atoms with van der Waals surface area (Å²) >= 11 is 7.41. The van der Waals surface area contributed by atoms with Crippen molar-refractivity contribution >= 4 is 45.9 Å². The molecule has 4 aromatic rings. The smallest absolute Gasteiger partial charge is 0.234 e. The summed E-state index contributed by atoms with van der Waals surface area (Å²) in [5, 5.41) is 13.7. The summed E-state index contributed by atoms with van der Waals surface area (Å²) in [6.07, 6.45) is 0.970. The number of carbonyl (C=O) groups is 1. The number of hydrogen-bond acceptors (Lipinski definition) is 5. The lowest BCUT2D eigenvalue weighted by atomic mass is 10.1. The van der Waals surface area contributed by atoms with E-state index in [-0.39, 0.29) is 11.7 Å². The van der Waals surface area contributed by atoms with Crippen LogP contribution in [0.4, 0.5) is 5.69 Å². The van der Waals surface area contributed by atoms with E-state index in [0.29, 0.717) is 28.3 Å². The largest absolute Gasteiger partial charge is 0.453 e. The first-order chi connectivity index (χ1) is 14.6. The van der Waals surface area contributed by atoms with E-state index < -0.39 is 0 Å². The molecule has 4 rings (SSSR count). The molecule has 0 saturated heterocycles. The van der Waals surface area contributed by atoms with Gasteiger partial charge in [0.15, 0.2) is 10.9 Å². The standard InChI is InChI=1S/C22H21ClN4O2S/c1-3-14-5-8-17(9-6-14)24-20(28)13-30-22-26-25-21(27(22)4-2)19-12-15-11-16(23)7-10-18(15)29-19/h5-12H,3-4,13H2,1-2H3,(H,24,28).